The highest BCUT2D eigenvalue weighted by molar-refractivity contribution is 8.00. The van der Waals surface area contributed by atoms with Crippen LogP contribution in [0.5, 0.6) is 17.2 Å². The number of fused-ring (bicyclic) bond motifs is 1. The molecule has 192 valence electrons. The molecule has 0 saturated heterocycles. The third kappa shape index (κ3) is 6.18. The van der Waals surface area contributed by atoms with Crippen LogP contribution in [0.1, 0.15) is 10.4 Å². The van der Waals surface area contributed by atoms with Crippen molar-refractivity contribution >= 4 is 40.2 Å². The predicted molar refractivity (Wildman–Crippen MR) is 146 cm³/mol. The predicted octanol–water partition coefficient (Wildman–Crippen LogP) is 4.83. The second-order valence-electron chi connectivity index (χ2n) is 8.07. The fourth-order valence-corrected chi connectivity index (χ4v) is 4.85. The smallest absolute Gasteiger partial charge is 0.251 e. The van der Waals surface area contributed by atoms with Crippen molar-refractivity contribution in [2.75, 3.05) is 38.9 Å². The maximum atomic E-state index is 12.7. The highest BCUT2D eigenvalue weighted by Crippen LogP contribution is 2.31. The van der Waals surface area contributed by atoms with Crippen LogP contribution >= 0.6 is 11.8 Å². The van der Waals surface area contributed by atoms with Crippen molar-refractivity contribution in [2.45, 2.75) is 11.4 Å². The van der Waals surface area contributed by atoms with Gasteiger partial charge in [-0.1, -0.05) is 30.3 Å². The molecule has 0 unspecified atom stereocenters. The number of para-hydroxylation sites is 3. The lowest BCUT2D eigenvalue weighted by Crippen LogP contribution is -2.27. The van der Waals surface area contributed by atoms with Gasteiger partial charge in [0.2, 0.25) is 5.91 Å². The molecule has 2 amide bonds. The molecular formula is C28H29N3O5S. The van der Waals surface area contributed by atoms with E-state index in [4.69, 9.17) is 14.2 Å². The highest BCUT2D eigenvalue weighted by atomic mass is 32.2. The second kappa shape index (κ2) is 12.2. The zero-order valence-electron chi connectivity index (χ0n) is 20.9. The van der Waals surface area contributed by atoms with Gasteiger partial charge in [-0.15, -0.1) is 11.8 Å². The van der Waals surface area contributed by atoms with Gasteiger partial charge in [-0.25, -0.2) is 0 Å². The molecule has 3 aromatic carbocycles. The van der Waals surface area contributed by atoms with E-state index in [1.54, 1.807) is 38.5 Å². The maximum Gasteiger partial charge on any atom is 0.251 e. The lowest BCUT2D eigenvalue weighted by Gasteiger charge is -2.10. The van der Waals surface area contributed by atoms with Crippen LogP contribution in [0.25, 0.3) is 10.9 Å². The van der Waals surface area contributed by atoms with Crippen molar-refractivity contribution in [1.29, 1.82) is 0 Å². The van der Waals surface area contributed by atoms with E-state index in [0.29, 0.717) is 41.6 Å². The van der Waals surface area contributed by atoms with Crippen LogP contribution in [0.2, 0.25) is 0 Å². The Labute approximate surface area is 219 Å². The fraction of sp³-hybridized carbons (Fsp3) is 0.214. The number of carbonyl (C=O) groups is 2. The summed E-state index contributed by atoms with van der Waals surface area (Å²) < 4.78 is 17.9. The summed E-state index contributed by atoms with van der Waals surface area (Å²) in [6.07, 6.45) is 2.02. The van der Waals surface area contributed by atoms with Crippen molar-refractivity contribution in [3.63, 3.8) is 0 Å². The number of amides is 2. The molecule has 8 nitrogen and oxygen atoms in total. The van der Waals surface area contributed by atoms with Gasteiger partial charge >= 0.3 is 0 Å². The number of carbonyl (C=O) groups excluding carboxylic acids is 2. The molecule has 1 heterocycles. The van der Waals surface area contributed by atoms with Gasteiger partial charge < -0.3 is 29.4 Å². The van der Waals surface area contributed by atoms with E-state index in [0.717, 1.165) is 15.8 Å². The van der Waals surface area contributed by atoms with Gasteiger partial charge in [0.1, 0.15) is 5.75 Å². The number of aromatic nitrogens is 1. The minimum atomic E-state index is -0.194. The molecule has 0 fully saturated rings. The molecule has 2 N–H and O–H groups in total. The minimum Gasteiger partial charge on any atom is -0.495 e. The standard InChI is InChI=1S/C28H29N3O5S/c1-34-23-11-7-5-9-21(23)30-27(32)18-37-26-17-31(22-10-6-4-8-20(22)26)15-14-29-28(33)19-12-13-24(35-2)25(16-19)36-3/h4-13,16-17H,14-15,18H2,1-3H3,(H,29,33)(H,30,32). The maximum absolute atomic E-state index is 12.7. The van der Waals surface area contributed by atoms with Crippen LogP contribution in [-0.2, 0) is 11.3 Å². The van der Waals surface area contributed by atoms with E-state index in [-0.39, 0.29) is 17.6 Å². The summed E-state index contributed by atoms with van der Waals surface area (Å²) in [4.78, 5) is 26.3. The Morgan fingerprint density at radius 1 is 0.865 bits per heavy atom. The summed E-state index contributed by atoms with van der Waals surface area (Å²) in [5, 5.41) is 6.93. The van der Waals surface area contributed by atoms with Gasteiger partial charge in [0, 0.05) is 40.6 Å². The van der Waals surface area contributed by atoms with E-state index >= 15 is 0 Å². The zero-order valence-corrected chi connectivity index (χ0v) is 21.8. The number of nitrogens with zero attached hydrogens (tertiary/aromatic N) is 1. The van der Waals surface area contributed by atoms with Crippen molar-refractivity contribution < 1.29 is 23.8 Å². The number of anilines is 1. The van der Waals surface area contributed by atoms with E-state index in [2.05, 4.69) is 15.2 Å². The van der Waals surface area contributed by atoms with Gasteiger partial charge in [0.15, 0.2) is 11.5 Å². The molecular weight excluding hydrogens is 490 g/mol. The Balaban J connectivity index is 1.39. The Bertz CT molecular complexity index is 1400. The lowest BCUT2D eigenvalue weighted by molar-refractivity contribution is -0.113. The number of nitrogens with one attached hydrogen (secondary N) is 2. The SMILES string of the molecule is COc1ccccc1NC(=O)CSc1cn(CCNC(=O)c2ccc(OC)c(OC)c2)c2ccccc12. The average molecular weight is 520 g/mol. The highest BCUT2D eigenvalue weighted by Gasteiger charge is 2.14. The largest absolute Gasteiger partial charge is 0.495 e. The molecule has 9 heteroatoms. The first-order chi connectivity index (χ1) is 18.0. The van der Waals surface area contributed by atoms with Crippen LogP contribution in [-0.4, -0.2) is 50.0 Å². The van der Waals surface area contributed by atoms with Crippen molar-refractivity contribution in [3.8, 4) is 17.2 Å². The van der Waals surface area contributed by atoms with Crippen LogP contribution in [0, 0.1) is 0 Å². The van der Waals surface area contributed by atoms with Crippen LogP contribution in [0.4, 0.5) is 5.69 Å². The Kier molecular flexibility index (Phi) is 8.58. The molecule has 1 aromatic heterocycles. The molecule has 0 aliphatic carbocycles. The number of thioether (sulfide) groups is 1. The topological polar surface area (TPSA) is 90.8 Å². The summed E-state index contributed by atoms with van der Waals surface area (Å²) in [6, 6.07) is 20.4. The quantitative estimate of drug-likeness (QED) is 0.276. The van der Waals surface area contributed by atoms with Crippen molar-refractivity contribution in [1.82, 2.24) is 9.88 Å². The van der Waals surface area contributed by atoms with E-state index < -0.39 is 0 Å². The number of hydrogen-bond donors (Lipinski definition) is 2. The van der Waals surface area contributed by atoms with Crippen molar-refractivity contribution in [2.24, 2.45) is 0 Å². The first-order valence-corrected chi connectivity index (χ1v) is 12.7. The van der Waals surface area contributed by atoms with Crippen LogP contribution in [0.3, 0.4) is 0 Å². The average Bonchev–Trinajstić information content (AvgIpc) is 3.29. The molecule has 37 heavy (non-hydrogen) atoms. The first-order valence-electron chi connectivity index (χ1n) is 11.7. The minimum absolute atomic E-state index is 0.117. The zero-order chi connectivity index (χ0) is 26.2. The van der Waals surface area contributed by atoms with E-state index in [1.165, 1.54) is 18.9 Å². The summed E-state index contributed by atoms with van der Waals surface area (Å²) in [7, 11) is 4.66. The third-order valence-electron chi connectivity index (χ3n) is 5.78. The van der Waals surface area contributed by atoms with Gasteiger partial charge in [-0.05, 0) is 36.4 Å². The lowest BCUT2D eigenvalue weighted by atomic mass is 10.2. The number of benzene rings is 3. The Morgan fingerprint density at radius 3 is 2.38 bits per heavy atom. The number of ether oxygens (including phenoxy) is 3. The molecule has 0 spiro atoms. The first kappa shape index (κ1) is 26.0. The van der Waals surface area contributed by atoms with Crippen LogP contribution in [0.15, 0.2) is 77.8 Å². The number of rotatable bonds is 11. The van der Waals surface area contributed by atoms with E-state index in [1.807, 2.05) is 48.7 Å². The fourth-order valence-electron chi connectivity index (χ4n) is 3.96. The third-order valence-corrected chi connectivity index (χ3v) is 6.82. The summed E-state index contributed by atoms with van der Waals surface area (Å²) in [5.41, 5.74) is 2.17. The number of methoxy groups -OCH3 is 3. The van der Waals surface area contributed by atoms with E-state index in [9.17, 15) is 9.59 Å². The molecule has 0 bridgehead atoms. The molecule has 0 radical (unpaired) electrons. The monoisotopic (exact) mass is 519 g/mol. The summed E-state index contributed by atoms with van der Waals surface area (Å²) in [5.74, 6) is 1.63. The molecule has 4 rings (SSSR count). The van der Waals surface area contributed by atoms with Gasteiger partial charge in [-0.3, -0.25) is 9.59 Å². The number of hydrogen-bond acceptors (Lipinski definition) is 6. The molecule has 0 aliphatic rings. The normalized spacial score (nSPS) is 10.7. The molecule has 4 aromatic rings. The summed E-state index contributed by atoms with van der Waals surface area (Å²) in [6.45, 7) is 1.01. The Morgan fingerprint density at radius 2 is 1.59 bits per heavy atom. The molecule has 0 saturated carbocycles. The second-order valence-corrected chi connectivity index (χ2v) is 9.08. The molecule has 0 aliphatic heterocycles. The van der Waals surface area contributed by atoms with Crippen molar-refractivity contribution in [3.05, 3.63) is 78.5 Å². The summed E-state index contributed by atoms with van der Waals surface area (Å²) >= 11 is 1.47. The van der Waals surface area contributed by atoms with Gasteiger partial charge in [-0.2, -0.15) is 0 Å². The van der Waals surface area contributed by atoms with Gasteiger partial charge in [0.25, 0.3) is 5.91 Å². The van der Waals surface area contributed by atoms with Gasteiger partial charge in [0.05, 0.1) is 32.8 Å². The Hall–Kier alpha value is -4.11. The van der Waals surface area contributed by atoms with Crippen LogP contribution < -0.4 is 24.8 Å². The molecule has 0 atom stereocenters.